The Morgan fingerprint density at radius 2 is 1.92 bits per heavy atom. The normalized spacial score (nSPS) is 11.7. The van der Waals surface area contributed by atoms with Gasteiger partial charge in [0.1, 0.15) is 4.90 Å². The molecule has 0 fully saturated rings. The first kappa shape index (κ1) is 21.2. The second-order valence-electron chi connectivity index (χ2n) is 5.89. The van der Waals surface area contributed by atoms with Crippen molar-refractivity contribution >= 4 is 37.6 Å². The third kappa shape index (κ3) is 5.96. The van der Waals surface area contributed by atoms with Gasteiger partial charge in [0.25, 0.3) is 0 Å². The Morgan fingerprint density at radius 3 is 2.58 bits per heavy atom. The van der Waals surface area contributed by atoms with Crippen LogP contribution in [0.2, 0.25) is 5.02 Å². The van der Waals surface area contributed by atoms with Crippen molar-refractivity contribution in [2.75, 3.05) is 27.2 Å². The molecule has 0 saturated carbocycles. The number of nitrogens with zero attached hydrogens (tertiary/aromatic N) is 1. The molecular weight excluding hydrogens is 440 g/mol. The Labute approximate surface area is 168 Å². The summed E-state index contributed by atoms with van der Waals surface area (Å²) < 4.78 is 33.4. The lowest BCUT2D eigenvalue weighted by Crippen LogP contribution is -2.28. The highest BCUT2D eigenvalue weighted by Crippen LogP contribution is 2.35. The summed E-state index contributed by atoms with van der Waals surface area (Å²) in [5.74, 6) is 0.239. The lowest BCUT2D eigenvalue weighted by atomic mass is 10.2. The van der Waals surface area contributed by atoms with E-state index in [9.17, 15) is 8.42 Å². The smallest absolute Gasteiger partial charge is 0.244 e. The zero-order valence-corrected chi connectivity index (χ0v) is 17.9. The molecule has 5 nitrogen and oxygen atoms in total. The average molecular weight is 462 g/mol. The second-order valence-corrected chi connectivity index (χ2v) is 8.92. The summed E-state index contributed by atoms with van der Waals surface area (Å²) in [5, 5.41) is 0.320. The molecule has 0 unspecified atom stereocenters. The highest BCUT2D eigenvalue weighted by Gasteiger charge is 2.22. The van der Waals surface area contributed by atoms with Crippen LogP contribution in [-0.2, 0) is 16.6 Å². The molecule has 0 aliphatic carbocycles. The third-order valence-electron chi connectivity index (χ3n) is 3.77. The molecule has 0 amide bonds. The van der Waals surface area contributed by atoms with E-state index in [1.807, 2.05) is 25.2 Å². The van der Waals surface area contributed by atoms with Gasteiger partial charge >= 0.3 is 0 Å². The Balaban J connectivity index is 1.91. The Bertz CT molecular complexity index is 832. The molecule has 2 aromatic rings. The minimum Gasteiger partial charge on any atom is -0.494 e. The molecule has 0 radical (unpaired) electrons. The van der Waals surface area contributed by atoms with Crippen molar-refractivity contribution < 1.29 is 13.2 Å². The van der Waals surface area contributed by atoms with Gasteiger partial charge in [-0.1, -0.05) is 41.9 Å². The molecule has 2 aromatic carbocycles. The van der Waals surface area contributed by atoms with Crippen molar-refractivity contribution in [1.29, 1.82) is 0 Å². The zero-order chi connectivity index (χ0) is 19.2. The number of sulfonamides is 1. The van der Waals surface area contributed by atoms with Gasteiger partial charge in [0.05, 0.1) is 11.6 Å². The summed E-state index contributed by atoms with van der Waals surface area (Å²) in [4.78, 5) is 2.18. The molecule has 0 spiro atoms. The maximum absolute atomic E-state index is 12.6. The van der Waals surface area contributed by atoms with Crippen molar-refractivity contribution in [2.24, 2.45) is 0 Å². The quantitative estimate of drug-likeness (QED) is 0.575. The number of rotatable bonds is 9. The number of halogens is 2. The Hall–Kier alpha value is -1.12. The lowest BCUT2D eigenvalue weighted by Gasteiger charge is -2.17. The third-order valence-corrected chi connectivity index (χ3v) is 6.05. The van der Waals surface area contributed by atoms with Crippen LogP contribution in [-0.4, -0.2) is 40.6 Å². The van der Waals surface area contributed by atoms with Crippen molar-refractivity contribution in [3.8, 4) is 5.75 Å². The Morgan fingerprint density at radius 1 is 1.23 bits per heavy atom. The first-order valence-electron chi connectivity index (χ1n) is 8.08. The maximum Gasteiger partial charge on any atom is 0.244 e. The number of methoxy groups -OCH3 is 1. The fraction of sp³-hybridized carbons (Fsp3) is 0.333. The number of hydrogen-bond acceptors (Lipinski definition) is 4. The van der Waals surface area contributed by atoms with Gasteiger partial charge in [0.15, 0.2) is 5.75 Å². The van der Waals surface area contributed by atoms with E-state index >= 15 is 0 Å². The van der Waals surface area contributed by atoms with Crippen molar-refractivity contribution in [1.82, 2.24) is 9.62 Å². The largest absolute Gasteiger partial charge is 0.494 e. The van der Waals surface area contributed by atoms with Crippen LogP contribution >= 0.6 is 27.5 Å². The van der Waals surface area contributed by atoms with Gasteiger partial charge in [-0.05, 0) is 53.6 Å². The van der Waals surface area contributed by atoms with Crippen molar-refractivity contribution in [3.05, 3.63) is 57.5 Å². The van der Waals surface area contributed by atoms with E-state index in [1.54, 1.807) is 6.07 Å². The molecular formula is C18H22BrClN2O3S. The molecule has 0 atom stereocenters. The predicted octanol–water partition coefficient (Wildman–Crippen LogP) is 3.91. The average Bonchev–Trinajstić information content (AvgIpc) is 2.59. The van der Waals surface area contributed by atoms with Crippen LogP contribution in [0, 0.1) is 0 Å². The topological polar surface area (TPSA) is 58.6 Å². The van der Waals surface area contributed by atoms with Crippen molar-refractivity contribution in [3.63, 3.8) is 0 Å². The molecule has 26 heavy (non-hydrogen) atoms. The van der Waals surface area contributed by atoms with Crippen LogP contribution < -0.4 is 9.46 Å². The summed E-state index contributed by atoms with van der Waals surface area (Å²) >= 11 is 9.26. The number of ether oxygens (including phenoxy) is 1. The maximum atomic E-state index is 12.6. The summed E-state index contributed by atoms with van der Waals surface area (Å²) in [7, 11) is -0.278. The number of benzene rings is 2. The summed E-state index contributed by atoms with van der Waals surface area (Å²) in [5.41, 5.74) is 1.23. The van der Waals surface area contributed by atoms with E-state index < -0.39 is 10.0 Å². The van der Waals surface area contributed by atoms with E-state index in [0.717, 1.165) is 13.1 Å². The highest BCUT2D eigenvalue weighted by atomic mass is 79.9. The van der Waals surface area contributed by atoms with Crippen LogP contribution in [0.25, 0.3) is 0 Å². The van der Waals surface area contributed by atoms with E-state index in [2.05, 4.69) is 37.7 Å². The zero-order valence-electron chi connectivity index (χ0n) is 14.7. The monoisotopic (exact) mass is 460 g/mol. The van der Waals surface area contributed by atoms with Crippen molar-refractivity contribution in [2.45, 2.75) is 17.9 Å². The first-order chi connectivity index (χ1) is 12.3. The van der Waals surface area contributed by atoms with E-state index in [0.29, 0.717) is 22.5 Å². The van der Waals surface area contributed by atoms with Gasteiger partial charge in [-0.15, -0.1) is 0 Å². The molecule has 0 aliphatic rings. The van der Waals surface area contributed by atoms with Gasteiger partial charge in [-0.25, -0.2) is 13.1 Å². The fourth-order valence-corrected chi connectivity index (χ4v) is 5.00. The van der Waals surface area contributed by atoms with Crippen LogP contribution in [0.1, 0.15) is 12.0 Å². The van der Waals surface area contributed by atoms with Gasteiger partial charge in [0, 0.05) is 18.1 Å². The Kier molecular flexibility index (Phi) is 7.91. The number of nitrogens with one attached hydrogen (secondary N) is 1. The molecule has 0 aromatic heterocycles. The lowest BCUT2D eigenvalue weighted by molar-refractivity contribution is 0.322. The number of hydrogen-bond donors (Lipinski definition) is 1. The van der Waals surface area contributed by atoms with Crippen LogP contribution in [0.15, 0.2) is 51.8 Å². The molecule has 8 heteroatoms. The van der Waals surface area contributed by atoms with E-state index in [4.69, 9.17) is 16.3 Å². The minimum atomic E-state index is -3.71. The second kappa shape index (κ2) is 9.71. The SMILES string of the molecule is COc1c(Br)cc(Cl)cc1S(=O)(=O)NCCCN(C)Cc1ccccc1. The van der Waals surface area contributed by atoms with E-state index in [-0.39, 0.29) is 10.6 Å². The summed E-state index contributed by atoms with van der Waals surface area (Å²) in [6.07, 6.45) is 0.687. The van der Waals surface area contributed by atoms with Crippen LogP contribution in [0.4, 0.5) is 0 Å². The van der Waals surface area contributed by atoms with Gasteiger partial charge in [0.2, 0.25) is 10.0 Å². The standard InChI is InChI=1S/C18H22BrClN2O3S/c1-22(13-14-7-4-3-5-8-14)10-6-9-21-26(23,24)17-12-15(20)11-16(19)18(17)25-2/h3-5,7-8,11-12,21H,6,9-10,13H2,1-2H3. The molecule has 2 rings (SSSR count). The molecule has 0 heterocycles. The van der Waals surface area contributed by atoms with E-state index in [1.165, 1.54) is 18.7 Å². The summed E-state index contributed by atoms with van der Waals surface area (Å²) in [6.45, 7) is 1.92. The molecule has 1 N–H and O–H groups in total. The first-order valence-corrected chi connectivity index (χ1v) is 10.7. The highest BCUT2D eigenvalue weighted by molar-refractivity contribution is 9.10. The van der Waals surface area contributed by atoms with Gasteiger partial charge < -0.3 is 9.64 Å². The van der Waals surface area contributed by atoms with Gasteiger partial charge in [-0.2, -0.15) is 0 Å². The minimum absolute atomic E-state index is 0.0250. The molecule has 142 valence electrons. The molecule has 0 saturated heterocycles. The summed E-state index contributed by atoms with van der Waals surface area (Å²) in [6, 6.07) is 13.1. The fourth-order valence-electron chi connectivity index (χ4n) is 2.54. The van der Waals surface area contributed by atoms with Gasteiger partial charge in [-0.3, -0.25) is 0 Å². The molecule has 0 aliphatic heterocycles. The predicted molar refractivity (Wildman–Crippen MR) is 108 cm³/mol. The van der Waals surface area contributed by atoms with Crippen LogP contribution in [0.5, 0.6) is 5.75 Å². The van der Waals surface area contributed by atoms with Crippen LogP contribution in [0.3, 0.4) is 0 Å². The molecule has 0 bridgehead atoms.